The van der Waals surface area contributed by atoms with E-state index in [0.29, 0.717) is 42.8 Å². The van der Waals surface area contributed by atoms with E-state index in [2.05, 4.69) is 4.57 Å². The highest BCUT2D eigenvalue weighted by molar-refractivity contribution is 8.18. The topological polar surface area (TPSA) is 71.9 Å². The Morgan fingerprint density at radius 1 is 1.06 bits per heavy atom. The highest BCUT2D eigenvalue weighted by atomic mass is 35.5. The molecule has 5 rings (SSSR count). The largest absolute Gasteiger partial charge is 0.378 e. The van der Waals surface area contributed by atoms with Crippen molar-refractivity contribution in [1.82, 2.24) is 14.4 Å². The third kappa shape index (κ3) is 4.49. The molecular weight excluding hydrogens is 474 g/mol. The lowest BCUT2D eigenvalue weighted by Crippen LogP contribution is -2.46. The molecule has 0 spiro atoms. The monoisotopic (exact) mass is 495 g/mol. The van der Waals surface area contributed by atoms with E-state index >= 15 is 0 Å². The van der Waals surface area contributed by atoms with Crippen LogP contribution in [0.2, 0.25) is 5.02 Å². The van der Waals surface area contributed by atoms with E-state index in [1.807, 2.05) is 54.7 Å². The molecule has 3 amide bonds. The number of amides is 3. The van der Waals surface area contributed by atoms with Crippen LogP contribution >= 0.6 is 23.4 Å². The third-order valence-electron chi connectivity index (χ3n) is 5.94. The van der Waals surface area contributed by atoms with Crippen LogP contribution < -0.4 is 0 Å². The van der Waals surface area contributed by atoms with Gasteiger partial charge in [0, 0.05) is 47.3 Å². The van der Waals surface area contributed by atoms with Crippen molar-refractivity contribution >= 4 is 57.4 Å². The zero-order chi connectivity index (χ0) is 23.7. The lowest BCUT2D eigenvalue weighted by Gasteiger charge is -2.28. The van der Waals surface area contributed by atoms with Crippen molar-refractivity contribution in [2.75, 3.05) is 32.8 Å². The van der Waals surface area contributed by atoms with Crippen molar-refractivity contribution in [3.8, 4) is 0 Å². The van der Waals surface area contributed by atoms with E-state index in [1.54, 1.807) is 11.0 Å². The fourth-order valence-electron chi connectivity index (χ4n) is 4.16. The summed E-state index contributed by atoms with van der Waals surface area (Å²) in [4.78, 5) is 41.1. The van der Waals surface area contributed by atoms with Gasteiger partial charge in [0.2, 0.25) is 5.91 Å². The number of para-hydroxylation sites is 1. The van der Waals surface area contributed by atoms with Crippen molar-refractivity contribution in [2.45, 2.75) is 6.54 Å². The molecule has 0 N–H and O–H groups in total. The van der Waals surface area contributed by atoms with Gasteiger partial charge in [-0.05, 0) is 35.5 Å². The maximum Gasteiger partial charge on any atom is 0.294 e. The van der Waals surface area contributed by atoms with Gasteiger partial charge in [0.1, 0.15) is 6.54 Å². The molecule has 174 valence electrons. The minimum atomic E-state index is -0.445. The van der Waals surface area contributed by atoms with E-state index in [4.69, 9.17) is 16.3 Å². The summed E-state index contributed by atoms with van der Waals surface area (Å²) in [5.74, 6) is -0.692. The third-order valence-corrected chi connectivity index (χ3v) is 7.21. The number of thioether (sulfide) groups is 1. The molecule has 0 radical (unpaired) electrons. The first kappa shape index (κ1) is 22.7. The number of halogens is 1. The van der Waals surface area contributed by atoms with Crippen LogP contribution in [0.5, 0.6) is 0 Å². The van der Waals surface area contributed by atoms with E-state index in [-0.39, 0.29) is 12.5 Å². The average molecular weight is 496 g/mol. The molecule has 2 aliphatic heterocycles. The smallest absolute Gasteiger partial charge is 0.294 e. The van der Waals surface area contributed by atoms with Crippen molar-refractivity contribution < 1.29 is 19.1 Å². The lowest BCUT2D eigenvalue weighted by molar-refractivity contribution is -0.139. The average Bonchev–Trinajstić information content (AvgIpc) is 3.33. The lowest BCUT2D eigenvalue weighted by atomic mass is 10.1. The maximum absolute atomic E-state index is 13.0. The molecule has 0 bridgehead atoms. The maximum atomic E-state index is 13.0. The number of rotatable bonds is 5. The van der Waals surface area contributed by atoms with Gasteiger partial charge in [-0.15, -0.1) is 0 Å². The van der Waals surface area contributed by atoms with Crippen LogP contribution in [0.3, 0.4) is 0 Å². The Kier molecular flexibility index (Phi) is 6.45. The number of fused-ring (bicyclic) bond motifs is 1. The summed E-state index contributed by atoms with van der Waals surface area (Å²) in [5.41, 5.74) is 2.81. The van der Waals surface area contributed by atoms with Gasteiger partial charge in [0.15, 0.2) is 0 Å². The second-order valence-electron chi connectivity index (χ2n) is 8.08. The number of carbonyl (C=O) groups is 3. The summed E-state index contributed by atoms with van der Waals surface area (Å²) in [7, 11) is 0. The van der Waals surface area contributed by atoms with Crippen molar-refractivity contribution in [2.24, 2.45) is 0 Å². The normalized spacial score (nSPS) is 17.9. The zero-order valence-electron chi connectivity index (χ0n) is 18.3. The molecule has 2 fully saturated rings. The molecule has 7 nitrogen and oxygen atoms in total. The zero-order valence-corrected chi connectivity index (χ0v) is 19.8. The molecule has 1 aromatic heterocycles. The SMILES string of the molecule is O=C(CN1C(=O)S/C(=C\c2cn(Cc3ccccc3Cl)c3ccccc23)C1=O)N1CCOCC1. The minimum absolute atomic E-state index is 0.247. The summed E-state index contributed by atoms with van der Waals surface area (Å²) in [5, 5.41) is 1.22. The van der Waals surface area contributed by atoms with E-state index in [0.717, 1.165) is 38.7 Å². The molecule has 3 aromatic rings. The summed E-state index contributed by atoms with van der Waals surface area (Å²) in [6, 6.07) is 15.6. The van der Waals surface area contributed by atoms with Gasteiger partial charge < -0.3 is 14.2 Å². The summed E-state index contributed by atoms with van der Waals surface area (Å²) >= 11 is 7.23. The number of hydrogen-bond acceptors (Lipinski definition) is 5. The van der Waals surface area contributed by atoms with Crippen LogP contribution in [0.15, 0.2) is 59.6 Å². The van der Waals surface area contributed by atoms with Gasteiger partial charge in [-0.2, -0.15) is 0 Å². The molecule has 9 heteroatoms. The Hall–Kier alpha value is -3.07. The number of hydrogen-bond donors (Lipinski definition) is 0. The molecular formula is C25H22ClN3O4S. The van der Waals surface area contributed by atoms with Gasteiger partial charge in [-0.3, -0.25) is 19.3 Å². The number of nitrogens with zero attached hydrogens (tertiary/aromatic N) is 3. The predicted molar refractivity (Wildman–Crippen MR) is 133 cm³/mol. The number of morpholine rings is 1. The Morgan fingerprint density at radius 3 is 2.59 bits per heavy atom. The molecule has 0 atom stereocenters. The van der Waals surface area contributed by atoms with Crippen molar-refractivity contribution in [1.29, 1.82) is 0 Å². The molecule has 34 heavy (non-hydrogen) atoms. The number of imide groups is 1. The van der Waals surface area contributed by atoms with Gasteiger partial charge in [0.25, 0.3) is 11.1 Å². The molecule has 3 heterocycles. The van der Waals surface area contributed by atoms with Crippen molar-refractivity contribution in [3.05, 3.63) is 75.8 Å². The van der Waals surface area contributed by atoms with Crippen LogP contribution in [-0.4, -0.2) is 64.3 Å². The van der Waals surface area contributed by atoms with Crippen LogP contribution in [0.25, 0.3) is 17.0 Å². The van der Waals surface area contributed by atoms with Gasteiger partial charge in [-0.1, -0.05) is 48.0 Å². The first-order chi connectivity index (χ1) is 16.5. The van der Waals surface area contributed by atoms with Crippen LogP contribution in [0.4, 0.5) is 4.79 Å². The minimum Gasteiger partial charge on any atom is -0.378 e. The van der Waals surface area contributed by atoms with E-state index < -0.39 is 11.1 Å². The quantitative estimate of drug-likeness (QED) is 0.495. The standard InChI is InChI=1S/C25H22ClN3O4S/c26-20-7-3-1-5-17(20)14-28-15-18(19-6-2-4-8-21(19)28)13-22-24(31)29(25(32)34-22)16-23(30)27-9-11-33-12-10-27/h1-8,13,15H,9-12,14,16H2/b22-13-. The fourth-order valence-corrected chi connectivity index (χ4v) is 5.18. The molecule has 2 aromatic carbocycles. The summed E-state index contributed by atoms with van der Waals surface area (Å²) in [6.45, 7) is 2.18. The molecule has 2 aliphatic rings. The predicted octanol–water partition coefficient (Wildman–Crippen LogP) is 4.24. The first-order valence-corrected chi connectivity index (χ1v) is 12.1. The number of ether oxygens (including phenoxy) is 1. The van der Waals surface area contributed by atoms with E-state index in [1.165, 1.54) is 0 Å². The summed E-state index contributed by atoms with van der Waals surface area (Å²) in [6.07, 6.45) is 3.69. The van der Waals surface area contributed by atoms with Crippen LogP contribution in [0.1, 0.15) is 11.1 Å². The highest BCUT2D eigenvalue weighted by Crippen LogP contribution is 2.34. The molecule has 0 unspecified atom stereocenters. The molecule has 0 aliphatic carbocycles. The van der Waals surface area contributed by atoms with Gasteiger partial charge in [0.05, 0.1) is 18.1 Å². The Bertz CT molecular complexity index is 1310. The molecule has 0 saturated carbocycles. The number of carbonyl (C=O) groups excluding carboxylic acids is 3. The van der Waals surface area contributed by atoms with E-state index in [9.17, 15) is 14.4 Å². The van der Waals surface area contributed by atoms with Crippen LogP contribution in [-0.2, 0) is 20.9 Å². The van der Waals surface area contributed by atoms with Gasteiger partial charge >= 0.3 is 0 Å². The summed E-state index contributed by atoms with van der Waals surface area (Å²) < 4.78 is 7.34. The second kappa shape index (κ2) is 9.66. The molecule has 2 saturated heterocycles. The second-order valence-corrected chi connectivity index (χ2v) is 9.48. The number of benzene rings is 2. The Balaban J connectivity index is 1.41. The van der Waals surface area contributed by atoms with Crippen LogP contribution in [0, 0.1) is 0 Å². The Morgan fingerprint density at radius 2 is 1.79 bits per heavy atom. The Labute approximate surface area is 205 Å². The first-order valence-electron chi connectivity index (χ1n) is 10.9. The van der Waals surface area contributed by atoms with Gasteiger partial charge in [-0.25, -0.2) is 0 Å². The number of aromatic nitrogens is 1. The van der Waals surface area contributed by atoms with Crippen molar-refractivity contribution in [3.63, 3.8) is 0 Å². The fraction of sp³-hybridized carbons (Fsp3) is 0.240. The highest BCUT2D eigenvalue weighted by Gasteiger charge is 2.37.